The Labute approximate surface area is 350 Å². The second-order valence-electron chi connectivity index (χ2n) is 17.7. The van der Waals surface area contributed by atoms with Gasteiger partial charge < -0.3 is 9.13 Å². The molecule has 0 amide bonds. The van der Waals surface area contributed by atoms with Crippen molar-refractivity contribution in [1.29, 1.82) is 5.26 Å². The lowest BCUT2D eigenvalue weighted by Crippen LogP contribution is -2.08. The molecular weight excluding hydrogens is 717 g/mol. The van der Waals surface area contributed by atoms with Crippen molar-refractivity contribution >= 4 is 49.3 Å². The van der Waals surface area contributed by atoms with Gasteiger partial charge in [-0.3, -0.25) is 0 Å². The number of fused-ring (bicyclic) bond motifs is 6. The van der Waals surface area contributed by atoms with Gasteiger partial charge in [0.1, 0.15) is 0 Å². The number of nitrogens with zero attached hydrogens (tertiary/aromatic N) is 4. The van der Waals surface area contributed by atoms with Crippen LogP contribution < -0.4 is 0 Å². The SMILES string of the molecule is [C-]#[N+]c1cc(C#N)cc(-c2cc(-n3c4c(C)c(C)c(C)c(C)c4c4c(C)c(C)c(C)c(C)c43)c(C)c(-n3c4c(C)c(C)c(C)c(C)c4c4c(C)c(C)c(C)c(C)c43)c2)c1. The van der Waals surface area contributed by atoms with E-state index in [1.807, 2.05) is 12.1 Å². The van der Waals surface area contributed by atoms with Crippen LogP contribution in [0.5, 0.6) is 0 Å². The molecule has 4 nitrogen and oxygen atoms in total. The summed E-state index contributed by atoms with van der Waals surface area (Å²) >= 11 is 0. The van der Waals surface area contributed by atoms with E-state index in [-0.39, 0.29) is 0 Å². The lowest BCUT2D eigenvalue weighted by atomic mass is 9.90. The summed E-state index contributed by atoms with van der Waals surface area (Å²) in [5.41, 5.74) is 32.2. The predicted octanol–water partition coefficient (Wildman–Crippen LogP) is 15.2. The highest BCUT2D eigenvalue weighted by Gasteiger charge is 2.29. The number of hydrogen-bond acceptors (Lipinski definition) is 1. The maximum atomic E-state index is 10.2. The summed E-state index contributed by atoms with van der Waals surface area (Å²) in [6.45, 7) is 46.9. The molecule has 8 rings (SSSR count). The van der Waals surface area contributed by atoms with Gasteiger partial charge in [0.25, 0.3) is 0 Å². The highest BCUT2D eigenvalue weighted by atomic mass is 15.0. The summed E-state index contributed by atoms with van der Waals surface area (Å²) in [5.74, 6) is 0. The van der Waals surface area contributed by atoms with Gasteiger partial charge in [0, 0.05) is 27.1 Å². The summed E-state index contributed by atoms with van der Waals surface area (Å²) in [7, 11) is 0. The largest absolute Gasteiger partial charge is 0.308 e. The van der Waals surface area contributed by atoms with Crippen molar-refractivity contribution in [3.05, 3.63) is 142 Å². The molecule has 0 unspecified atom stereocenters. The van der Waals surface area contributed by atoms with E-state index in [4.69, 9.17) is 6.57 Å². The van der Waals surface area contributed by atoms with Crippen molar-refractivity contribution in [3.8, 4) is 28.6 Å². The number of hydrogen-bond donors (Lipinski definition) is 0. The highest BCUT2D eigenvalue weighted by molar-refractivity contribution is 6.17. The van der Waals surface area contributed by atoms with E-state index >= 15 is 0 Å². The first-order chi connectivity index (χ1) is 27.8. The minimum Gasteiger partial charge on any atom is -0.308 e. The lowest BCUT2D eigenvalue weighted by molar-refractivity contribution is 1.07. The van der Waals surface area contributed by atoms with Crippen LogP contribution in [0.15, 0.2) is 30.3 Å². The standard InChI is InChI=1S/C55H56N4/c1-25-29(5)37(13)52-48(33(25)9)49-34(10)26(2)30(6)38(14)53(49)58(52)46-22-44(43-19-42(24-56)20-45(21-43)57-18)23-47(41(46)17)59-54-39(15)31(7)27(3)35(11)50(54)51-36(12)28(4)32(8)40(16)55(51)59/h19-23H,1-17H3. The first-order valence-corrected chi connectivity index (χ1v) is 20.9. The van der Waals surface area contributed by atoms with Gasteiger partial charge in [0.05, 0.1) is 46.1 Å². The second-order valence-corrected chi connectivity index (χ2v) is 17.7. The smallest absolute Gasteiger partial charge is 0.189 e. The topological polar surface area (TPSA) is 38.0 Å². The summed E-state index contributed by atoms with van der Waals surface area (Å²) in [6.07, 6.45) is 0. The monoisotopic (exact) mass is 772 g/mol. The summed E-state index contributed by atoms with van der Waals surface area (Å²) in [4.78, 5) is 3.84. The zero-order valence-electron chi connectivity index (χ0n) is 38.2. The zero-order valence-corrected chi connectivity index (χ0v) is 38.2. The molecule has 0 radical (unpaired) electrons. The normalized spacial score (nSPS) is 11.8. The van der Waals surface area contributed by atoms with Crippen LogP contribution in [0.1, 0.15) is 100 Å². The Balaban J connectivity index is 1.71. The van der Waals surface area contributed by atoms with Gasteiger partial charge in [-0.05, 0) is 254 Å². The average Bonchev–Trinajstić information content (AvgIpc) is 3.78. The molecule has 0 aliphatic heterocycles. The maximum absolute atomic E-state index is 10.2. The van der Waals surface area contributed by atoms with E-state index in [9.17, 15) is 5.26 Å². The molecule has 0 saturated heterocycles. The van der Waals surface area contributed by atoms with Gasteiger partial charge >= 0.3 is 0 Å². The predicted molar refractivity (Wildman–Crippen MR) is 252 cm³/mol. The number of benzene rings is 6. The number of rotatable bonds is 3. The van der Waals surface area contributed by atoms with Crippen molar-refractivity contribution in [3.63, 3.8) is 0 Å². The Kier molecular flexibility index (Phi) is 9.07. The maximum Gasteiger partial charge on any atom is 0.189 e. The van der Waals surface area contributed by atoms with Gasteiger partial charge in [-0.2, -0.15) is 5.26 Å². The number of aromatic nitrogens is 2. The Morgan fingerprint density at radius 1 is 0.373 bits per heavy atom. The Hall–Kier alpha value is -6.10. The van der Waals surface area contributed by atoms with Gasteiger partial charge in [0.2, 0.25) is 0 Å². The molecule has 296 valence electrons. The summed E-state index contributed by atoms with van der Waals surface area (Å²) in [5, 5.41) is 15.5. The molecule has 6 aromatic carbocycles. The number of nitriles is 1. The fraction of sp³-hybridized carbons (Fsp3) is 0.309. The van der Waals surface area contributed by atoms with E-state index in [0.29, 0.717) is 11.3 Å². The highest BCUT2D eigenvalue weighted by Crippen LogP contribution is 2.48. The molecule has 8 aromatic rings. The molecule has 0 aliphatic carbocycles. The van der Waals surface area contributed by atoms with Crippen molar-refractivity contribution in [1.82, 2.24) is 9.13 Å². The average molecular weight is 773 g/mol. The van der Waals surface area contributed by atoms with Gasteiger partial charge in [-0.1, -0.05) is 0 Å². The minimum absolute atomic E-state index is 0.460. The van der Waals surface area contributed by atoms with Crippen LogP contribution in [0.25, 0.3) is 71.0 Å². The van der Waals surface area contributed by atoms with Crippen molar-refractivity contribution in [2.24, 2.45) is 0 Å². The second kappa shape index (κ2) is 13.5. The van der Waals surface area contributed by atoms with Crippen LogP contribution in [0.4, 0.5) is 5.69 Å². The van der Waals surface area contributed by atoms with Crippen LogP contribution in [-0.4, -0.2) is 9.13 Å². The van der Waals surface area contributed by atoms with Crippen LogP contribution in [0, 0.1) is 136 Å². The van der Waals surface area contributed by atoms with Crippen LogP contribution >= 0.6 is 0 Å². The first kappa shape index (κ1) is 39.7. The van der Waals surface area contributed by atoms with Crippen LogP contribution in [0.2, 0.25) is 0 Å². The Morgan fingerprint density at radius 3 is 0.949 bits per heavy atom. The Morgan fingerprint density at radius 2 is 0.661 bits per heavy atom. The zero-order chi connectivity index (χ0) is 43.0. The van der Waals surface area contributed by atoms with Crippen molar-refractivity contribution < 1.29 is 0 Å². The van der Waals surface area contributed by atoms with Gasteiger partial charge in [0.15, 0.2) is 5.69 Å². The quantitative estimate of drug-likeness (QED) is 0.165. The van der Waals surface area contributed by atoms with Gasteiger partial charge in [-0.25, -0.2) is 4.85 Å². The molecule has 0 saturated carbocycles. The molecule has 2 aromatic heterocycles. The van der Waals surface area contributed by atoms with Crippen LogP contribution in [0.3, 0.4) is 0 Å². The third-order valence-corrected chi connectivity index (χ3v) is 15.4. The minimum atomic E-state index is 0.460. The molecule has 0 aliphatic rings. The van der Waals surface area contributed by atoms with E-state index in [2.05, 4.69) is 150 Å². The summed E-state index contributed by atoms with van der Waals surface area (Å²) < 4.78 is 5.16. The molecule has 0 N–H and O–H groups in total. The van der Waals surface area contributed by atoms with Crippen LogP contribution in [-0.2, 0) is 0 Å². The molecule has 2 heterocycles. The summed E-state index contributed by atoms with van der Waals surface area (Å²) in [6, 6.07) is 12.6. The Bertz CT molecular complexity index is 2970. The van der Waals surface area contributed by atoms with E-state index < -0.39 is 0 Å². The fourth-order valence-electron chi connectivity index (χ4n) is 10.4. The molecule has 59 heavy (non-hydrogen) atoms. The van der Waals surface area contributed by atoms with Crippen molar-refractivity contribution in [2.75, 3.05) is 0 Å². The van der Waals surface area contributed by atoms with E-state index in [0.717, 1.165) is 22.5 Å². The third kappa shape index (κ3) is 5.18. The molecule has 4 heteroatoms. The van der Waals surface area contributed by atoms with Gasteiger partial charge in [-0.15, -0.1) is 0 Å². The third-order valence-electron chi connectivity index (χ3n) is 15.4. The number of aryl methyl sites for hydroxylation is 8. The first-order valence-electron chi connectivity index (χ1n) is 20.9. The molecule has 0 atom stereocenters. The molecule has 0 bridgehead atoms. The fourth-order valence-corrected chi connectivity index (χ4v) is 10.4. The van der Waals surface area contributed by atoms with E-state index in [1.165, 1.54) is 138 Å². The molecular formula is C55H56N4. The van der Waals surface area contributed by atoms with Crippen molar-refractivity contribution in [2.45, 2.75) is 118 Å². The lowest BCUT2D eigenvalue weighted by Gasteiger charge is -2.23. The van der Waals surface area contributed by atoms with E-state index in [1.54, 1.807) is 6.07 Å². The molecule has 0 fully saturated rings. The molecule has 0 spiro atoms.